The van der Waals surface area contributed by atoms with Gasteiger partial charge in [0.05, 0.1) is 39.5 Å². The Morgan fingerprint density at radius 3 is 2.24 bits per heavy atom. The van der Waals surface area contributed by atoms with Crippen molar-refractivity contribution >= 4 is 27.8 Å². The summed E-state index contributed by atoms with van der Waals surface area (Å²) in [5.41, 5.74) is 3.33. The standard InChI is InChI=1S/C19H23N3O6S/c1-26-16-8-5-14(6-9-16)12-20-21-19(23)13-22(29(4,24)25)15-7-10-17(27-2)18(11-15)28-3/h5-12H,13H2,1-4H3,(H,21,23)/b20-12-. The summed E-state index contributed by atoms with van der Waals surface area (Å²) in [7, 11) is 0.742. The van der Waals surface area contributed by atoms with Crippen LogP contribution < -0.4 is 23.9 Å². The summed E-state index contributed by atoms with van der Waals surface area (Å²) in [4.78, 5) is 12.2. The van der Waals surface area contributed by atoms with Crippen LogP contribution in [0.3, 0.4) is 0 Å². The highest BCUT2D eigenvalue weighted by Crippen LogP contribution is 2.32. The lowest BCUT2D eigenvalue weighted by Crippen LogP contribution is -2.39. The zero-order chi connectivity index (χ0) is 21.4. The second-order valence-electron chi connectivity index (χ2n) is 5.88. The predicted molar refractivity (Wildman–Crippen MR) is 110 cm³/mol. The minimum Gasteiger partial charge on any atom is -0.497 e. The lowest BCUT2D eigenvalue weighted by atomic mass is 10.2. The summed E-state index contributed by atoms with van der Waals surface area (Å²) >= 11 is 0. The molecular weight excluding hydrogens is 398 g/mol. The SMILES string of the molecule is COc1ccc(/C=N\NC(=O)CN(c2ccc(OC)c(OC)c2)S(C)(=O)=O)cc1. The minimum absolute atomic E-state index is 0.263. The van der Waals surface area contributed by atoms with Gasteiger partial charge in [0.2, 0.25) is 10.0 Å². The first kappa shape index (κ1) is 22.0. The molecular formula is C19H23N3O6S. The van der Waals surface area contributed by atoms with Crippen molar-refractivity contribution < 1.29 is 27.4 Å². The number of benzene rings is 2. The fraction of sp³-hybridized carbons (Fsp3) is 0.263. The molecule has 2 rings (SSSR count). The van der Waals surface area contributed by atoms with Gasteiger partial charge in [-0.25, -0.2) is 13.8 Å². The summed E-state index contributed by atoms with van der Waals surface area (Å²) in [6.45, 7) is -0.450. The topological polar surface area (TPSA) is 107 Å². The second-order valence-corrected chi connectivity index (χ2v) is 7.78. The van der Waals surface area contributed by atoms with E-state index in [1.54, 1.807) is 37.4 Å². The lowest BCUT2D eigenvalue weighted by Gasteiger charge is -2.22. The maximum absolute atomic E-state index is 12.2. The van der Waals surface area contributed by atoms with Crippen molar-refractivity contribution in [2.45, 2.75) is 0 Å². The zero-order valence-electron chi connectivity index (χ0n) is 16.6. The molecule has 0 saturated heterocycles. The average molecular weight is 421 g/mol. The number of hydrogen-bond acceptors (Lipinski definition) is 7. The molecule has 0 spiro atoms. The molecule has 0 heterocycles. The molecule has 156 valence electrons. The first-order valence-electron chi connectivity index (χ1n) is 8.44. The van der Waals surface area contributed by atoms with E-state index in [9.17, 15) is 13.2 Å². The Labute approximate surface area is 169 Å². The molecule has 1 amide bonds. The van der Waals surface area contributed by atoms with E-state index in [1.165, 1.54) is 32.6 Å². The Morgan fingerprint density at radius 1 is 1.03 bits per heavy atom. The number of carbonyl (C=O) groups excluding carboxylic acids is 1. The summed E-state index contributed by atoms with van der Waals surface area (Å²) in [6, 6.07) is 11.6. The van der Waals surface area contributed by atoms with Gasteiger partial charge in [0, 0.05) is 6.07 Å². The Bertz CT molecular complexity index is 974. The maximum Gasteiger partial charge on any atom is 0.260 e. The number of nitrogens with zero attached hydrogens (tertiary/aromatic N) is 2. The molecule has 0 aliphatic heterocycles. The molecule has 0 radical (unpaired) electrons. The van der Waals surface area contributed by atoms with Crippen molar-refractivity contribution in [3.8, 4) is 17.2 Å². The molecule has 0 aliphatic carbocycles. The molecule has 1 N–H and O–H groups in total. The maximum atomic E-state index is 12.2. The molecule has 0 fully saturated rings. The summed E-state index contributed by atoms with van der Waals surface area (Å²) in [5, 5.41) is 3.86. The largest absolute Gasteiger partial charge is 0.497 e. The molecule has 0 unspecified atom stereocenters. The Morgan fingerprint density at radius 2 is 1.69 bits per heavy atom. The monoisotopic (exact) mass is 421 g/mol. The number of hydrazone groups is 1. The van der Waals surface area contributed by atoms with Crippen LogP contribution in [0.25, 0.3) is 0 Å². The number of hydrogen-bond donors (Lipinski definition) is 1. The van der Waals surface area contributed by atoms with Crippen LogP contribution in [-0.4, -0.2) is 54.7 Å². The summed E-state index contributed by atoms with van der Waals surface area (Å²) in [5.74, 6) is 0.884. The van der Waals surface area contributed by atoms with Crippen LogP contribution in [0.4, 0.5) is 5.69 Å². The van der Waals surface area contributed by atoms with E-state index in [2.05, 4.69) is 10.5 Å². The fourth-order valence-corrected chi connectivity index (χ4v) is 3.26. The molecule has 0 bridgehead atoms. The molecule has 0 aromatic heterocycles. The van der Waals surface area contributed by atoms with Gasteiger partial charge in [-0.3, -0.25) is 9.10 Å². The third-order valence-electron chi connectivity index (χ3n) is 3.86. The third kappa shape index (κ3) is 6.11. The van der Waals surface area contributed by atoms with Gasteiger partial charge in [-0.15, -0.1) is 0 Å². The van der Waals surface area contributed by atoms with Crippen LogP contribution in [0.5, 0.6) is 17.2 Å². The third-order valence-corrected chi connectivity index (χ3v) is 5.00. The van der Waals surface area contributed by atoms with Crippen LogP contribution in [0.15, 0.2) is 47.6 Å². The van der Waals surface area contributed by atoms with E-state index in [1.807, 2.05) is 0 Å². The summed E-state index contributed by atoms with van der Waals surface area (Å²) < 4.78 is 40.8. The van der Waals surface area contributed by atoms with Crippen LogP contribution in [0.2, 0.25) is 0 Å². The first-order chi connectivity index (χ1) is 13.8. The molecule has 10 heteroatoms. The normalized spacial score (nSPS) is 11.2. The first-order valence-corrected chi connectivity index (χ1v) is 10.3. The Kier molecular flexibility index (Phi) is 7.43. The van der Waals surface area contributed by atoms with Gasteiger partial charge >= 0.3 is 0 Å². The van der Waals surface area contributed by atoms with E-state index < -0.39 is 22.5 Å². The average Bonchev–Trinajstić information content (AvgIpc) is 2.71. The highest BCUT2D eigenvalue weighted by atomic mass is 32.2. The highest BCUT2D eigenvalue weighted by molar-refractivity contribution is 7.92. The van der Waals surface area contributed by atoms with Crippen molar-refractivity contribution in [1.82, 2.24) is 5.43 Å². The van der Waals surface area contributed by atoms with Gasteiger partial charge in [-0.2, -0.15) is 5.10 Å². The van der Waals surface area contributed by atoms with Crippen LogP contribution >= 0.6 is 0 Å². The van der Waals surface area contributed by atoms with E-state index >= 15 is 0 Å². The molecule has 9 nitrogen and oxygen atoms in total. The Hall–Kier alpha value is -3.27. The van der Waals surface area contributed by atoms with Gasteiger partial charge in [0.25, 0.3) is 5.91 Å². The van der Waals surface area contributed by atoms with E-state index in [0.29, 0.717) is 17.2 Å². The fourth-order valence-electron chi connectivity index (χ4n) is 2.41. The number of anilines is 1. The van der Waals surface area contributed by atoms with Gasteiger partial charge < -0.3 is 14.2 Å². The van der Waals surface area contributed by atoms with Crippen molar-refractivity contribution in [2.24, 2.45) is 5.10 Å². The molecule has 2 aromatic rings. The molecule has 0 saturated carbocycles. The van der Waals surface area contributed by atoms with Crippen LogP contribution in [0, 0.1) is 0 Å². The number of ether oxygens (including phenoxy) is 3. The van der Waals surface area contributed by atoms with Crippen LogP contribution in [0.1, 0.15) is 5.56 Å². The Balaban J connectivity index is 2.12. The van der Waals surface area contributed by atoms with Crippen molar-refractivity contribution in [2.75, 3.05) is 38.4 Å². The number of amides is 1. The van der Waals surface area contributed by atoms with Crippen molar-refractivity contribution in [3.63, 3.8) is 0 Å². The smallest absolute Gasteiger partial charge is 0.260 e. The minimum atomic E-state index is -3.73. The molecule has 2 aromatic carbocycles. The van der Waals surface area contributed by atoms with E-state index in [0.717, 1.165) is 16.1 Å². The van der Waals surface area contributed by atoms with E-state index in [-0.39, 0.29) is 5.69 Å². The van der Waals surface area contributed by atoms with Gasteiger partial charge in [-0.1, -0.05) is 0 Å². The van der Waals surface area contributed by atoms with Crippen molar-refractivity contribution in [3.05, 3.63) is 48.0 Å². The molecule has 29 heavy (non-hydrogen) atoms. The highest BCUT2D eigenvalue weighted by Gasteiger charge is 2.22. The van der Waals surface area contributed by atoms with Crippen molar-refractivity contribution in [1.29, 1.82) is 0 Å². The number of rotatable bonds is 9. The second kappa shape index (κ2) is 9.78. The number of sulfonamides is 1. The molecule has 0 atom stereocenters. The summed E-state index contributed by atoms with van der Waals surface area (Å²) in [6.07, 6.45) is 2.45. The molecule has 0 aliphatic rings. The van der Waals surface area contributed by atoms with Gasteiger partial charge in [-0.05, 0) is 42.0 Å². The number of methoxy groups -OCH3 is 3. The zero-order valence-corrected chi connectivity index (χ0v) is 17.4. The predicted octanol–water partition coefficient (Wildman–Crippen LogP) is 1.63. The van der Waals surface area contributed by atoms with Gasteiger partial charge in [0.1, 0.15) is 12.3 Å². The van der Waals surface area contributed by atoms with Crippen LogP contribution in [-0.2, 0) is 14.8 Å². The van der Waals surface area contributed by atoms with E-state index in [4.69, 9.17) is 14.2 Å². The number of carbonyl (C=O) groups is 1. The number of nitrogens with one attached hydrogen (secondary N) is 1. The van der Waals surface area contributed by atoms with Gasteiger partial charge in [0.15, 0.2) is 11.5 Å². The quantitative estimate of drug-likeness (QED) is 0.487. The lowest BCUT2D eigenvalue weighted by molar-refractivity contribution is -0.119.